The quantitative estimate of drug-likeness (QED) is 0.800. The largest absolute Gasteiger partial charge is 0.473 e. The highest BCUT2D eigenvalue weighted by Crippen LogP contribution is 2.18. The van der Waals surface area contributed by atoms with Crippen LogP contribution in [0.15, 0.2) is 17.1 Å². The maximum atomic E-state index is 12.2. The molecule has 2 aromatic rings. The first-order valence-electron chi connectivity index (χ1n) is 6.23. The van der Waals surface area contributed by atoms with Crippen molar-refractivity contribution in [2.45, 2.75) is 19.4 Å². The molecule has 0 unspecified atom stereocenters. The van der Waals surface area contributed by atoms with Gasteiger partial charge in [0.05, 0.1) is 13.2 Å². The van der Waals surface area contributed by atoms with Gasteiger partial charge >= 0.3 is 0 Å². The second-order valence-corrected chi connectivity index (χ2v) is 4.67. The van der Waals surface area contributed by atoms with Crippen molar-refractivity contribution in [3.63, 3.8) is 0 Å². The molecule has 3 heterocycles. The summed E-state index contributed by atoms with van der Waals surface area (Å²) in [6.45, 7) is 3.03. The van der Waals surface area contributed by atoms with Gasteiger partial charge in [-0.1, -0.05) is 0 Å². The van der Waals surface area contributed by atoms with Crippen LogP contribution in [0.1, 0.15) is 12.2 Å². The van der Waals surface area contributed by atoms with E-state index in [1.54, 1.807) is 26.2 Å². The lowest BCUT2D eigenvalue weighted by Crippen LogP contribution is -2.24. The fourth-order valence-corrected chi connectivity index (χ4v) is 2.13. The summed E-state index contributed by atoms with van der Waals surface area (Å²) in [7, 11) is 1.68. The summed E-state index contributed by atoms with van der Waals surface area (Å²) in [6.07, 6.45) is 2.50. The predicted molar refractivity (Wildman–Crippen MR) is 69.4 cm³/mol. The highest BCUT2D eigenvalue weighted by Gasteiger charge is 2.19. The first-order valence-corrected chi connectivity index (χ1v) is 6.23. The summed E-state index contributed by atoms with van der Waals surface area (Å²) < 4.78 is 12.6. The van der Waals surface area contributed by atoms with Gasteiger partial charge in [-0.15, -0.1) is 0 Å². The molecule has 1 aliphatic rings. The van der Waals surface area contributed by atoms with Crippen LogP contribution in [0.5, 0.6) is 5.88 Å². The Labute approximate surface area is 110 Å². The van der Waals surface area contributed by atoms with Crippen LogP contribution < -0.4 is 10.3 Å². The number of hydrogen-bond acceptors (Lipinski definition) is 5. The topological polar surface area (TPSA) is 66.2 Å². The summed E-state index contributed by atoms with van der Waals surface area (Å²) in [5.41, 5.74) is 0.252. The lowest BCUT2D eigenvalue weighted by Gasteiger charge is -2.15. The molecule has 0 bridgehead atoms. The van der Waals surface area contributed by atoms with Crippen molar-refractivity contribution in [3.05, 3.63) is 28.4 Å². The second-order valence-electron chi connectivity index (χ2n) is 4.67. The molecule has 6 nitrogen and oxygen atoms in total. The molecule has 2 aromatic heterocycles. The van der Waals surface area contributed by atoms with Gasteiger partial charge in [0.1, 0.15) is 17.4 Å². The zero-order valence-electron chi connectivity index (χ0n) is 10.9. The number of ether oxygens (including phenoxy) is 2. The van der Waals surface area contributed by atoms with E-state index >= 15 is 0 Å². The first kappa shape index (κ1) is 12.1. The summed E-state index contributed by atoms with van der Waals surface area (Å²) in [6, 6.07) is 1.80. The van der Waals surface area contributed by atoms with E-state index in [1.165, 1.54) is 4.57 Å². The van der Waals surface area contributed by atoms with Crippen LogP contribution in [0.2, 0.25) is 0 Å². The standard InChI is InChI=1S/C13H15N3O3/c1-8-14-6-9-5-11(19-10-3-4-18-7-10)16(2)13(17)12(9)15-8/h5-6,10H,3-4,7H2,1-2H3/t10-/m0/s1. The molecule has 0 spiro atoms. The van der Waals surface area contributed by atoms with E-state index in [1.807, 2.05) is 0 Å². The van der Waals surface area contributed by atoms with Gasteiger partial charge in [-0.05, 0) is 6.92 Å². The maximum absolute atomic E-state index is 12.2. The van der Waals surface area contributed by atoms with E-state index in [0.29, 0.717) is 35.8 Å². The van der Waals surface area contributed by atoms with Crippen molar-refractivity contribution < 1.29 is 9.47 Å². The van der Waals surface area contributed by atoms with Crippen molar-refractivity contribution in [1.82, 2.24) is 14.5 Å². The molecule has 1 aliphatic heterocycles. The van der Waals surface area contributed by atoms with Gasteiger partial charge in [0.15, 0.2) is 5.88 Å². The number of nitrogens with zero attached hydrogens (tertiary/aromatic N) is 3. The number of rotatable bonds is 2. The maximum Gasteiger partial charge on any atom is 0.279 e. The van der Waals surface area contributed by atoms with Crippen LogP contribution >= 0.6 is 0 Å². The fourth-order valence-electron chi connectivity index (χ4n) is 2.13. The Kier molecular flexibility index (Phi) is 2.94. The minimum atomic E-state index is -0.170. The van der Waals surface area contributed by atoms with Gasteiger partial charge in [0, 0.05) is 31.1 Å². The third-order valence-corrected chi connectivity index (χ3v) is 3.23. The monoisotopic (exact) mass is 261 g/mol. The SMILES string of the molecule is Cc1ncc2cc(O[C@H]3CCOC3)n(C)c(=O)c2n1. The van der Waals surface area contributed by atoms with Crippen LogP contribution in [0.3, 0.4) is 0 Å². The Morgan fingerprint density at radius 1 is 1.53 bits per heavy atom. The van der Waals surface area contributed by atoms with Gasteiger partial charge < -0.3 is 9.47 Å². The van der Waals surface area contributed by atoms with Gasteiger partial charge in [-0.25, -0.2) is 9.97 Å². The second kappa shape index (κ2) is 4.62. The molecule has 19 heavy (non-hydrogen) atoms. The van der Waals surface area contributed by atoms with Crippen molar-refractivity contribution in [2.24, 2.45) is 7.05 Å². The molecule has 1 saturated heterocycles. The molecule has 3 rings (SSSR count). The van der Waals surface area contributed by atoms with Crippen LogP contribution in [-0.4, -0.2) is 33.9 Å². The minimum Gasteiger partial charge on any atom is -0.473 e. The molecule has 1 fully saturated rings. The molecule has 0 radical (unpaired) electrons. The van der Waals surface area contributed by atoms with Gasteiger partial charge in [-0.3, -0.25) is 9.36 Å². The molecule has 0 aromatic carbocycles. The number of aryl methyl sites for hydroxylation is 1. The van der Waals surface area contributed by atoms with Crippen LogP contribution in [0.4, 0.5) is 0 Å². The third-order valence-electron chi connectivity index (χ3n) is 3.23. The Bertz CT molecular complexity index is 675. The molecule has 0 saturated carbocycles. The van der Waals surface area contributed by atoms with E-state index in [4.69, 9.17) is 9.47 Å². The van der Waals surface area contributed by atoms with Crippen molar-refractivity contribution >= 4 is 10.9 Å². The minimum absolute atomic E-state index is 0.00872. The Morgan fingerprint density at radius 2 is 2.37 bits per heavy atom. The predicted octanol–water partition coefficient (Wildman–Crippen LogP) is 0.805. The Balaban J connectivity index is 2.07. The summed E-state index contributed by atoms with van der Waals surface area (Å²) in [5, 5.41) is 0.697. The normalized spacial score (nSPS) is 18.9. The molecular formula is C13H15N3O3. The molecule has 0 amide bonds. The first-order chi connectivity index (χ1) is 9.15. The fraction of sp³-hybridized carbons (Fsp3) is 0.462. The van der Waals surface area contributed by atoms with E-state index in [2.05, 4.69) is 9.97 Å². The van der Waals surface area contributed by atoms with Gasteiger partial charge in [0.25, 0.3) is 5.56 Å². The van der Waals surface area contributed by atoms with Crippen molar-refractivity contribution in [1.29, 1.82) is 0 Å². The van der Waals surface area contributed by atoms with E-state index in [-0.39, 0.29) is 11.7 Å². The Hall–Kier alpha value is -1.95. The number of aromatic nitrogens is 3. The molecule has 0 aliphatic carbocycles. The molecule has 100 valence electrons. The Morgan fingerprint density at radius 3 is 3.11 bits per heavy atom. The van der Waals surface area contributed by atoms with Crippen molar-refractivity contribution in [2.75, 3.05) is 13.2 Å². The summed E-state index contributed by atoms with van der Waals surface area (Å²) in [4.78, 5) is 20.5. The molecule has 1 atom stereocenters. The summed E-state index contributed by atoms with van der Waals surface area (Å²) >= 11 is 0. The zero-order valence-corrected chi connectivity index (χ0v) is 10.9. The number of fused-ring (bicyclic) bond motifs is 1. The molecule has 6 heteroatoms. The highest BCUT2D eigenvalue weighted by atomic mass is 16.5. The van der Waals surface area contributed by atoms with Gasteiger partial charge in [-0.2, -0.15) is 0 Å². The summed E-state index contributed by atoms with van der Waals surface area (Å²) in [5.74, 6) is 1.11. The average molecular weight is 261 g/mol. The zero-order chi connectivity index (χ0) is 13.4. The van der Waals surface area contributed by atoms with Crippen LogP contribution in [0, 0.1) is 6.92 Å². The molecule has 0 N–H and O–H groups in total. The number of pyridine rings is 1. The van der Waals surface area contributed by atoms with E-state index in [9.17, 15) is 4.79 Å². The van der Waals surface area contributed by atoms with Crippen LogP contribution in [0.25, 0.3) is 10.9 Å². The highest BCUT2D eigenvalue weighted by molar-refractivity contribution is 5.77. The third kappa shape index (κ3) is 2.19. The lowest BCUT2D eigenvalue weighted by atomic mass is 10.3. The number of hydrogen-bond donors (Lipinski definition) is 0. The van der Waals surface area contributed by atoms with E-state index < -0.39 is 0 Å². The molecular weight excluding hydrogens is 246 g/mol. The smallest absolute Gasteiger partial charge is 0.279 e. The lowest BCUT2D eigenvalue weighted by molar-refractivity contribution is 0.135. The van der Waals surface area contributed by atoms with Crippen molar-refractivity contribution in [3.8, 4) is 5.88 Å². The van der Waals surface area contributed by atoms with Crippen LogP contribution in [-0.2, 0) is 11.8 Å². The average Bonchev–Trinajstić information content (AvgIpc) is 2.89. The van der Waals surface area contributed by atoms with Gasteiger partial charge in [0.2, 0.25) is 0 Å². The van der Waals surface area contributed by atoms with E-state index in [0.717, 1.165) is 6.42 Å².